The van der Waals surface area contributed by atoms with E-state index in [1.54, 1.807) is 6.07 Å². The number of ether oxygens (including phenoxy) is 1. The molecular formula is C12H12ClFO. The van der Waals surface area contributed by atoms with Crippen molar-refractivity contribution in [2.45, 2.75) is 25.4 Å². The zero-order valence-electron chi connectivity index (χ0n) is 8.25. The molecule has 2 rings (SSSR count). The molecule has 0 aromatic heterocycles. The average molecular weight is 227 g/mol. The smallest absolute Gasteiger partial charge is 0.145 e. The van der Waals surface area contributed by atoms with Gasteiger partial charge in [0.25, 0.3) is 0 Å². The van der Waals surface area contributed by atoms with E-state index in [1.807, 2.05) is 6.08 Å². The summed E-state index contributed by atoms with van der Waals surface area (Å²) < 4.78 is 18.7. The van der Waals surface area contributed by atoms with Crippen molar-refractivity contribution in [3.63, 3.8) is 0 Å². The predicted molar refractivity (Wildman–Crippen MR) is 58.8 cm³/mol. The van der Waals surface area contributed by atoms with E-state index in [0.717, 1.165) is 19.3 Å². The lowest BCUT2D eigenvalue weighted by Gasteiger charge is -2.18. The summed E-state index contributed by atoms with van der Waals surface area (Å²) >= 11 is 5.58. The standard InChI is InChI=1S/C12H12ClFO/c13-11-7-6-10(8-12(11)14)15-9-4-2-1-3-5-9/h2,4,6-9H,1,3,5H2. The number of allylic oxidation sites excluding steroid dienone is 1. The first-order valence-corrected chi connectivity index (χ1v) is 5.42. The van der Waals surface area contributed by atoms with Gasteiger partial charge in [-0.3, -0.25) is 0 Å². The van der Waals surface area contributed by atoms with E-state index in [9.17, 15) is 4.39 Å². The summed E-state index contributed by atoms with van der Waals surface area (Å²) in [5, 5.41) is 0.126. The van der Waals surface area contributed by atoms with Gasteiger partial charge in [-0.2, -0.15) is 0 Å². The lowest BCUT2D eigenvalue weighted by molar-refractivity contribution is 0.229. The average Bonchev–Trinajstić information content (AvgIpc) is 2.25. The van der Waals surface area contributed by atoms with Gasteiger partial charge in [0.2, 0.25) is 0 Å². The first-order chi connectivity index (χ1) is 7.25. The third kappa shape index (κ3) is 2.72. The highest BCUT2D eigenvalue weighted by molar-refractivity contribution is 6.30. The normalized spacial score (nSPS) is 20.3. The van der Waals surface area contributed by atoms with Crippen molar-refractivity contribution >= 4 is 11.6 Å². The highest BCUT2D eigenvalue weighted by Gasteiger charge is 2.10. The molecule has 0 amide bonds. The van der Waals surface area contributed by atoms with Crippen molar-refractivity contribution in [1.82, 2.24) is 0 Å². The van der Waals surface area contributed by atoms with E-state index in [1.165, 1.54) is 12.1 Å². The van der Waals surface area contributed by atoms with E-state index >= 15 is 0 Å². The van der Waals surface area contributed by atoms with E-state index in [2.05, 4.69) is 6.08 Å². The van der Waals surface area contributed by atoms with Crippen LogP contribution in [0.5, 0.6) is 5.75 Å². The van der Waals surface area contributed by atoms with E-state index < -0.39 is 5.82 Å². The monoisotopic (exact) mass is 226 g/mol. The zero-order valence-corrected chi connectivity index (χ0v) is 9.01. The molecule has 0 radical (unpaired) electrons. The van der Waals surface area contributed by atoms with Gasteiger partial charge in [0.05, 0.1) is 5.02 Å². The summed E-state index contributed by atoms with van der Waals surface area (Å²) in [6.07, 6.45) is 7.41. The molecule has 1 unspecified atom stereocenters. The topological polar surface area (TPSA) is 9.23 Å². The Morgan fingerprint density at radius 1 is 1.40 bits per heavy atom. The number of halogens is 2. The van der Waals surface area contributed by atoms with Crippen LogP contribution >= 0.6 is 11.6 Å². The quantitative estimate of drug-likeness (QED) is 0.694. The molecule has 80 valence electrons. The highest BCUT2D eigenvalue weighted by atomic mass is 35.5. The van der Waals surface area contributed by atoms with E-state index in [4.69, 9.17) is 16.3 Å². The second-order valence-electron chi connectivity index (χ2n) is 3.59. The lowest BCUT2D eigenvalue weighted by Crippen LogP contribution is -2.15. The number of rotatable bonds is 2. The second kappa shape index (κ2) is 4.67. The van der Waals surface area contributed by atoms with Crippen LogP contribution < -0.4 is 4.74 Å². The maximum atomic E-state index is 13.1. The van der Waals surface area contributed by atoms with Gasteiger partial charge in [-0.25, -0.2) is 4.39 Å². The van der Waals surface area contributed by atoms with Crippen LogP contribution in [-0.2, 0) is 0 Å². The molecule has 0 fully saturated rings. The first kappa shape index (κ1) is 10.5. The van der Waals surface area contributed by atoms with Crippen molar-refractivity contribution in [2.75, 3.05) is 0 Å². The van der Waals surface area contributed by atoms with Crippen LogP contribution in [0, 0.1) is 5.82 Å². The summed E-state index contributed by atoms with van der Waals surface area (Å²) in [4.78, 5) is 0. The molecule has 0 saturated heterocycles. The number of hydrogen-bond acceptors (Lipinski definition) is 1. The molecule has 1 atom stereocenters. The molecule has 0 aliphatic heterocycles. The summed E-state index contributed by atoms with van der Waals surface area (Å²) in [6, 6.07) is 4.53. The van der Waals surface area contributed by atoms with Gasteiger partial charge in [-0.15, -0.1) is 0 Å². The maximum Gasteiger partial charge on any atom is 0.145 e. The Morgan fingerprint density at radius 3 is 2.93 bits per heavy atom. The van der Waals surface area contributed by atoms with Crippen LogP contribution in [0.1, 0.15) is 19.3 Å². The van der Waals surface area contributed by atoms with E-state index in [-0.39, 0.29) is 11.1 Å². The fourth-order valence-corrected chi connectivity index (χ4v) is 1.72. The molecule has 0 bridgehead atoms. The molecule has 3 heteroatoms. The van der Waals surface area contributed by atoms with E-state index in [0.29, 0.717) is 5.75 Å². The Labute approximate surface area is 93.5 Å². The highest BCUT2D eigenvalue weighted by Crippen LogP contribution is 2.23. The van der Waals surface area contributed by atoms with Gasteiger partial charge in [-0.05, 0) is 37.5 Å². The van der Waals surface area contributed by atoms with Crippen LogP contribution in [0.4, 0.5) is 4.39 Å². The Morgan fingerprint density at radius 2 is 2.27 bits per heavy atom. The molecule has 1 nitrogen and oxygen atoms in total. The van der Waals surface area contributed by atoms with Crippen LogP contribution in [0.3, 0.4) is 0 Å². The molecule has 0 saturated carbocycles. The van der Waals surface area contributed by atoms with Gasteiger partial charge in [0, 0.05) is 6.07 Å². The summed E-state index contributed by atoms with van der Waals surface area (Å²) in [7, 11) is 0. The molecule has 0 N–H and O–H groups in total. The minimum Gasteiger partial charge on any atom is -0.486 e. The Balaban J connectivity index is 2.07. The van der Waals surface area contributed by atoms with Gasteiger partial charge in [0.1, 0.15) is 17.7 Å². The van der Waals surface area contributed by atoms with Gasteiger partial charge >= 0.3 is 0 Å². The first-order valence-electron chi connectivity index (χ1n) is 5.04. The minimum absolute atomic E-state index is 0.0688. The summed E-state index contributed by atoms with van der Waals surface area (Å²) in [5.74, 6) is 0.0994. The van der Waals surface area contributed by atoms with Crippen molar-refractivity contribution in [2.24, 2.45) is 0 Å². The Hall–Kier alpha value is -1.02. The largest absolute Gasteiger partial charge is 0.486 e. The second-order valence-corrected chi connectivity index (χ2v) is 4.00. The molecule has 1 aliphatic rings. The summed E-state index contributed by atoms with van der Waals surface area (Å²) in [5.41, 5.74) is 0. The van der Waals surface area contributed by atoms with Gasteiger partial charge in [-0.1, -0.05) is 17.7 Å². The van der Waals surface area contributed by atoms with Crippen LogP contribution in [0.2, 0.25) is 5.02 Å². The Kier molecular flexibility index (Phi) is 3.27. The Bertz CT molecular complexity index is 376. The van der Waals surface area contributed by atoms with Crippen molar-refractivity contribution in [3.8, 4) is 5.75 Å². The molecule has 1 aliphatic carbocycles. The molecule has 15 heavy (non-hydrogen) atoms. The van der Waals surface area contributed by atoms with Crippen molar-refractivity contribution in [1.29, 1.82) is 0 Å². The predicted octanol–water partition coefficient (Wildman–Crippen LogP) is 3.97. The third-order valence-electron chi connectivity index (χ3n) is 2.39. The van der Waals surface area contributed by atoms with Gasteiger partial charge in [0.15, 0.2) is 0 Å². The maximum absolute atomic E-state index is 13.1. The molecule has 1 aromatic rings. The fraction of sp³-hybridized carbons (Fsp3) is 0.333. The lowest BCUT2D eigenvalue weighted by atomic mass is 10.1. The zero-order chi connectivity index (χ0) is 10.7. The van der Waals surface area contributed by atoms with Crippen LogP contribution in [0.15, 0.2) is 30.4 Å². The van der Waals surface area contributed by atoms with Crippen molar-refractivity contribution in [3.05, 3.63) is 41.2 Å². The molecular weight excluding hydrogens is 215 g/mol. The molecule has 0 heterocycles. The van der Waals surface area contributed by atoms with Gasteiger partial charge < -0.3 is 4.74 Å². The number of hydrogen-bond donors (Lipinski definition) is 0. The fourth-order valence-electron chi connectivity index (χ4n) is 1.60. The summed E-state index contributed by atoms with van der Waals surface area (Å²) in [6.45, 7) is 0. The van der Waals surface area contributed by atoms with Crippen LogP contribution in [0.25, 0.3) is 0 Å². The van der Waals surface area contributed by atoms with Crippen molar-refractivity contribution < 1.29 is 9.13 Å². The minimum atomic E-state index is -0.436. The SMILES string of the molecule is Fc1cc(OC2C=CCCC2)ccc1Cl. The van der Waals surface area contributed by atoms with Crippen LogP contribution in [-0.4, -0.2) is 6.10 Å². The molecule has 1 aromatic carbocycles. The third-order valence-corrected chi connectivity index (χ3v) is 2.70. The number of benzene rings is 1. The molecule has 0 spiro atoms.